The van der Waals surface area contributed by atoms with Gasteiger partial charge in [0.2, 0.25) is 5.91 Å². The largest absolute Gasteiger partial charge is 0.325 e. The number of carbonyl (C=O) groups excluding carboxylic acids is 2. The van der Waals surface area contributed by atoms with Crippen molar-refractivity contribution in [2.75, 3.05) is 11.1 Å². The molecule has 0 atom stereocenters. The Bertz CT molecular complexity index is 986. The van der Waals surface area contributed by atoms with Gasteiger partial charge in [0.1, 0.15) is 0 Å². The van der Waals surface area contributed by atoms with Gasteiger partial charge in [-0.25, -0.2) is 0 Å². The lowest BCUT2D eigenvalue weighted by Crippen LogP contribution is -2.14. The van der Waals surface area contributed by atoms with Crippen LogP contribution in [0.4, 0.5) is 5.69 Å². The molecule has 0 fully saturated rings. The van der Waals surface area contributed by atoms with Crippen LogP contribution in [0.3, 0.4) is 0 Å². The molecule has 0 aliphatic heterocycles. The quantitative estimate of drug-likeness (QED) is 0.498. The zero-order chi connectivity index (χ0) is 19.4. The lowest BCUT2D eigenvalue weighted by molar-refractivity contribution is -0.113. The van der Waals surface area contributed by atoms with Gasteiger partial charge in [-0.05, 0) is 43.3 Å². The van der Waals surface area contributed by atoms with Gasteiger partial charge in [-0.2, -0.15) is 0 Å². The molecule has 0 saturated heterocycles. The van der Waals surface area contributed by atoms with E-state index in [0.717, 1.165) is 5.56 Å². The minimum atomic E-state index is -0.169. The lowest BCUT2D eigenvalue weighted by atomic mass is 10.1. The third-order valence-corrected chi connectivity index (χ3v) is 5.21. The fraction of sp³-hybridized carbons (Fsp3) is 0.158. The van der Waals surface area contributed by atoms with Crippen molar-refractivity contribution in [2.24, 2.45) is 7.05 Å². The summed E-state index contributed by atoms with van der Waals surface area (Å²) in [6.07, 6.45) is 0. The molecule has 0 aliphatic rings. The summed E-state index contributed by atoms with van der Waals surface area (Å²) in [4.78, 5) is 23.5. The number of aromatic nitrogens is 3. The van der Waals surface area contributed by atoms with E-state index in [1.165, 1.54) is 18.7 Å². The Hall–Kier alpha value is -2.64. The summed E-state index contributed by atoms with van der Waals surface area (Å²) < 4.78 is 1.81. The molecule has 3 rings (SSSR count). The highest BCUT2D eigenvalue weighted by molar-refractivity contribution is 7.99. The Kier molecular flexibility index (Phi) is 5.93. The molecular formula is C19H17ClN4O2S. The highest BCUT2D eigenvalue weighted by Gasteiger charge is 2.15. The first kappa shape index (κ1) is 19.1. The number of benzene rings is 2. The average Bonchev–Trinajstić information content (AvgIpc) is 3.01. The topological polar surface area (TPSA) is 76.9 Å². The fourth-order valence-electron chi connectivity index (χ4n) is 2.43. The standard InChI is InChI=1S/C19H17ClN4O2S/c1-12(25)13-7-9-14(10-8-13)21-17(26)11-27-19-23-22-18(24(19)2)15-5-3-4-6-16(15)20/h3-10H,11H2,1-2H3,(H,21,26). The number of hydrogen-bond acceptors (Lipinski definition) is 5. The van der Waals surface area contributed by atoms with Crippen LogP contribution in [0.15, 0.2) is 53.7 Å². The van der Waals surface area contributed by atoms with Gasteiger partial charge in [0, 0.05) is 23.9 Å². The summed E-state index contributed by atoms with van der Waals surface area (Å²) in [6, 6.07) is 14.2. The summed E-state index contributed by atoms with van der Waals surface area (Å²) in [6.45, 7) is 1.50. The molecule has 1 aromatic heterocycles. The molecule has 8 heteroatoms. The Morgan fingerprint density at radius 3 is 2.48 bits per heavy atom. The van der Waals surface area contributed by atoms with Crippen molar-refractivity contribution in [2.45, 2.75) is 12.1 Å². The smallest absolute Gasteiger partial charge is 0.234 e. The van der Waals surface area contributed by atoms with Crippen LogP contribution >= 0.6 is 23.4 Å². The van der Waals surface area contributed by atoms with E-state index in [1.807, 2.05) is 25.2 Å². The maximum Gasteiger partial charge on any atom is 0.234 e. The van der Waals surface area contributed by atoms with E-state index in [0.29, 0.717) is 27.3 Å². The minimum absolute atomic E-state index is 0.0139. The number of ketones is 1. The van der Waals surface area contributed by atoms with Crippen molar-refractivity contribution >= 4 is 40.7 Å². The Morgan fingerprint density at radius 2 is 1.81 bits per heavy atom. The van der Waals surface area contributed by atoms with E-state index >= 15 is 0 Å². The molecule has 1 amide bonds. The molecule has 0 saturated carbocycles. The van der Waals surface area contributed by atoms with Gasteiger partial charge in [0.05, 0.1) is 10.8 Å². The number of carbonyl (C=O) groups is 2. The second-order valence-corrected chi connectivity index (χ2v) is 7.17. The third kappa shape index (κ3) is 4.56. The maximum absolute atomic E-state index is 12.2. The molecular weight excluding hydrogens is 384 g/mol. The van der Waals surface area contributed by atoms with Gasteiger partial charge in [0.15, 0.2) is 16.8 Å². The minimum Gasteiger partial charge on any atom is -0.325 e. The predicted molar refractivity (Wildman–Crippen MR) is 107 cm³/mol. The van der Waals surface area contributed by atoms with Crippen LogP contribution in [-0.4, -0.2) is 32.2 Å². The Morgan fingerprint density at radius 1 is 1.11 bits per heavy atom. The lowest BCUT2D eigenvalue weighted by Gasteiger charge is -2.07. The van der Waals surface area contributed by atoms with Crippen LogP contribution in [0, 0.1) is 0 Å². The van der Waals surface area contributed by atoms with E-state index in [1.54, 1.807) is 34.9 Å². The van der Waals surface area contributed by atoms with Gasteiger partial charge >= 0.3 is 0 Å². The summed E-state index contributed by atoms with van der Waals surface area (Å²) in [5, 5.41) is 12.3. The van der Waals surface area contributed by atoms with Crippen LogP contribution in [0.1, 0.15) is 17.3 Å². The van der Waals surface area contributed by atoms with E-state index in [2.05, 4.69) is 15.5 Å². The number of nitrogens with one attached hydrogen (secondary N) is 1. The molecule has 0 aliphatic carbocycles. The Labute approximate surface area is 165 Å². The van der Waals surface area contributed by atoms with E-state index in [4.69, 9.17) is 11.6 Å². The summed E-state index contributed by atoms with van der Waals surface area (Å²) in [7, 11) is 1.83. The monoisotopic (exact) mass is 400 g/mol. The first-order valence-corrected chi connectivity index (χ1v) is 9.50. The van der Waals surface area contributed by atoms with Gasteiger partial charge in [-0.15, -0.1) is 10.2 Å². The molecule has 3 aromatic rings. The summed E-state index contributed by atoms with van der Waals surface area (Å²) >= 11 is 7.50. The molecule has 1 heterocycles. The average molecular weight is 401 g/mol. The molecule has 27 heavy (non-hydrogen) atoms. The molecule has 0 unspecified atom stereocenters. The molecule has 0 bridgehead atoms. The molecule has 6 nitrogen and oxygen atoms in total. The molecule has 2 aromatic carbocycles. The molecule has 0 spiro atoms. The van der Waals surface area contributed by atoms with Crippen LogP contribution in [-0.2, 0) is 11.8 Å². The van der Waals surface area contributed by atoms with Crippen LogP contribution < -0.4 is 5.32 Å². The number of rotatable bonds is 6. The van der Waals surface area contributed by atoms with Crippen molar-refractivity contribution in [3.05, 3.63) is 59.1 Å². The molecule has 0 radical (unpaired) electrons. The second-order valence-electron chi connectivity index (χ2n) is 5.82. The van der Waals surface area contributed by atoms with E-state index in [-0.39, 0.29) is 17.4 Å². The molecule has 138 valence electrons. The number of nitrogens with zero attached hydrogens (tertiary/aromatic N) is 3. The van der Waals surface area contributed by atoms with Gasteiger partial charge in [-0.1, -0.05) is 35.5 Å². The fourth-order valence-corrected chi connectivity index (χ4v) is 3.36. The second kappa shape index (κ2) is 8.37. The van der Waals surface area contributed by atoms with Crippen molar-refractivity contribution in [3.8, 4) is 11.4 Å². The van der Waals surface area contributed by atoms with Gasteiger partial charge < -0.3 is 9.88 Å². The maximum atomic E-state index is 12.2. The van der Waals surface area contributed by atoms with Crippen molar-refractivity contribution < 1.29 is 9.59 Å². The van der Waals surface area contributed by atoms with E-state index < -0.39 is 0 Å². The highest BCUT2D eigenvalue weighted by atomic mass is 35.5. The SMILES string of the molecule is CC(=O)c1ccc(NC(=O)CSc2nnc(-c3ccccc3Cl)n2C)cc1. The van der Waals surface area contributed by atoms with Crippen molar-refractivity contribution in [1.29, 1.82) is 0 Å². The number of anilines is 1. The summed E-state index contributed by atoms with van der Waals surface area (Å²) in [5.41, 5.74) is 2.03. The molecule has 1 N–H and O–H groups in total. The Balaban J connectivity index is 1.62. The number of thioether (sulfide) groups is 1. The highest BCUT2D eigenvalue weighted by Crippen LogP contribution is 2.28. The van der Waals surface area contributed by atoms with Crippen molar-refractivity contribution in [1.82, 2.24) is 14.8 Å². The zero-order valence-electron chi connectivity index (χ0n) is 14.8. The third-order valence-electron chi connectivity index (χ3n) is 3.86. The number of hydrogen-bond donors (Lipinski definition) is 1. The van der Waals surface area contributed by atoms with Crippen LogP contribution in [0.5, 0.6) is 0 Å². The van der Waals surface area contributed by atoms with Crippen molar-refractivity contribution in [3.63, 3.8) is 0 Å². The zero-order valence-corrected chi connectivity index (χ0v) is 16.3. The van der Waals surface area contributed by atoms with E-state index in [9.17, 15) is 9.59 Å². The van der Waals surface area contributed by atoms with Crippen LogP contribution in [0.25, 0.3) is 11.4 Å². The van der Waals surface area contributed by atoms with Crippen LogP contribution in [0.2, 0.25) is 5.02 Å². The first-order valence-electron chi connectivity index (χ1n) is 8.13. The first-order chi connectivity index (χ1) is 13.0. The van der Waals surface area contributed by atoms with Gasteiger partial charge in [0.25, 0.3) is 0 Å². The normalized spacial score (nSPS) is 10.6. The number of halogens is 1. The predicted octanol–water partition coefficient (Wildman–Crippen LogP) is 4.07. The number of Topliss-reactive ketones (excluding diaryl/α,β-unsaturated/α-hetero) is 1. The van der Waals surface area contributed by atoms with Gasteiger partial charge in [-0.3, -0.25) is 9.59 Å². The summed E-state index contributed by atoms with van der Waals surface area (Å²) in [5.74, 6) is 0.643. The number of amides is 1.